The Bertz CT molecular complexity index is 809. The maximum atomic E-state index is 12.6. The molecule has 2 rings (SSSR count). The molecule has 0 aliphatic heterocycles. The number of carbonyl (C=O) groups excluding carboxylic acids is 3. The first kappa shape index (κ1) is 21.4. The van der Waals surface area contributed by atoms with E-state index in [1.165, 1.54) is 6.92 Å². The normalized spacial score (nSPS) is 11.4. The average molecular weight is 403 g/mol. The second-order valence-electron chi connectivity index (χ2n) is 6.06. The molecule has 6 nitrogen and oxygen atoms in total. The molecule has 0 fully saturated rings. The molecule has 0 aliphatic carbocycles. The van der Waals surface area contributed by atoms with Gasteiger partial charge >= 0.3 is 5.97 Å². The van der Waals surface area contributed by atoms with E-state index in [2.05, 4.69) is 5.32 Å². The number of halogens is 1. The van der Waals surface area contributed by atoms with Crippen LogP contribution in [-0.4, -0.2) is 37.0 Å². The van der Waals surface area contributed by atoms with Gasteiger partial charge in [0.15, 0.2) is 6.10 Å². The molecule has 0 unspecified atom stereocenters. The molecule has 1 N–H and O–H groups in total. The number of likely N-dealkylation sites (N-methyl/N-ethyl adjacent to an activating group) is 1. The molecule has 2 aromatic rings. The number of hydrogen-bond donors (Lipinski definition) is 1. The molecule has 2 amide bonds. The van der Waals surface area contributed by atoms with Gasteiger partial charge in [0.2, 0.25) is 0 Å². The fraction of sp³-hybridized carbons (Fsp3) is 0.286. The second kappa shape index (κ2) is 10.5. The number of rotatable bonds is 8. The maximum Gasteiger partial charge on any atom is 0.308 e. The standard InChI is InChI=1S/C21H23ClN2O4/c1-3-24(18-7-5-4-6-8-18)21(27)15(2)28-19(25)13-14-23-20(26)16-9-11-17(22)12-10-16/h4-12,15H,3,13-14H2,1-2H3,(H,23,26)/t15-/m0/s1. The number of para-hydroxylation sites is 1. The molecule has 148 valence electrons. The molecule has 1 atom stereocenters. The fourth-order valence-corrected chi connectivity index (χ4v) is 2.71. The number of esters is 1. The number of carbonyl (C=O) groups is 3. The Kier molecular flexibility index (Phi) is 8.02. The van der Waals surface area contributed by atoms with Crippen molar-refractivity contribution in [3.63, 3.8) is 0 Å². The number of ether oxygens (including phenoxy) is 1. The Labute approximate surface area is 169 Å². The topological polar surface area (TPSA) is 75.7 Å². The lowest BCUT2D eigenvalue weighted by atomic mass is 10.2. The third-order valence-corrected chi connectivity index (χ3v) is 4.28. The molecule has 0 bridgehead atoms. The van der Waals surface area contributed by atoms with Crippen molar-refractivity contribution in [3.05, 3.63) is 65.2 Å². The van der Waals surface area contributed by atoms with Gasteiger partial charge in [0, 0.05) is 29.4 Å². The highest BCUT2D eigenvalue weighted by molar-refractivity contribution is 6.30. The van der Waals surface area contributed by atoms with E-state index in [4.69, 9.17) is 16.3 Å². The summed E-state index contributed by atoms with van der Waals surface area (Å²) in [5.74, 6) is -1.16. The third-order valence-electron chi connectivity index (χ3n) is 4.03. The van der Waals surface area contributed by atoms with Gasteiger partial charge in [-0.3, -0.25) is 14.4 Å². The van der Waals surface area contributed by atoms with Crippen LogP contribution < -0.4 is 10.2 Å². The van der Waals surface area contributed by atoms with Crippen LogP contribution in [0, 0.1) is 0 Å². The quantitative estimate of drug-likeness (QED) is 0.686. The Morgan fingerprint density at radius 1 is 1.07 bits per heavy atom. The molecule has 0 saturated heterocycles. The highest BCUT2D eigenvalue weighted by Crippen LogP contribution is 2.15. The molecule has 0 spiro atoms. The number of benzene rings is 2. The van der Waals surface area contributed by atoms with Gasteiger partial charge < -0.3 is 15.0 Å². The van der Waals surface area contributed by atoms with E-state index in [1.54, 1.807) is 29.2 Å². The molecule has 0 saturated carbocycles. The lowest BCUT2D eigenvalue weighted by Gasteiger charge is -2.24. The zero-order valence-electron chi connectivity index (χ0n) is 15.9. The summed E-state index contributed by atoms with van der Waals surface area (Å²) >= 11 is 5.78. The van der Waals surface area contributed by atoms with Crippen LogP contribution in [0.25, 0.3) is 0 Å². The molecule has 2 aromatic carbocycles. The molecular weight excluding hydrogens is 380 g/mol. The summed E-state index contributed by atoms with van der Waals surface area (Å²) in [4.78, 5) is 38.1. The van der Waals surface area contributed by atoms with Crippen molar-refractivity contribution in [2.45, 2.75) is 26.4 Å². The van der Waals surface area contributed by atoms with Gasteiger partial charge in [0.1, 0.15) is 0 Å². The zero-order chi connectivity index (χ0) is 20.5. The number of hydrogen-bond acceptors (Lipinski definition) is 4. The molecule has 0 aliphatic rings. The van der Waals surface area contributed by atoms with E-state index >= 15 is 0 Å². The Morgan fingerprint density at radius 2 is 1.71 bits per heavy atom. The lowest BCUT2D eigenvalue weighted by molar-refractivity contribution is -0.153. The smallest absolute Gasteiger partial charge is 0.308 e. The number of nitrogens with one attached hydrogen (secondary N) is 1. The lowest BCUT2D eigenvalue weighted by Crippen LogP contribution is -2.40. The van der Waals surface area contributed by atoms with Crippen molar-refractivity contribution < 1.29 is 19.1 Å². The van der Waals surface area contributed by atoms with Crippen LogP contribution in [0.4, 0.5) is 5.69 Å². The molecule has 7 heteroatoms. The fourth-order valence-electron chi connectivity index (χ4n) is 2.58. The van der Waals surface area contributed by atoms with Crippen LogP contribution in [0.1, 0.15) is 30.6 Å². The number of anilines is 1. The van der Waals surface area contributed by atoms with E-state index in [0.717, 1.165) is 5.69 Å². The van der Waals surface area contributed by atoms with Crippen LogP contribution in [-0.2, 0) is 14.3 Å². The first-order chi connectivity index (χ1) is 13.4. The summed E-state index contributed by atoms with van der Waals surface area (Å²) in [7, 11) is 0. The molecule has 0 heterocycles. The average Bonchev–Trinajstić information content (AvgIpc) is 2.69. The first-order valence-corrected chi connectivity index (χ1v) is 9.39. The zero-order valence-corrected chi connectivity index (χ0v) is 16.6. The number of amides is 2. The highest BCUT2D eigenvalue weighted by atomic mass is 35.5. The van der Waals surface area contributed by atoms with Gasteiger partial charge in [-0.05, 0) is 50.2 Å². The minimum atomic E-state index is -0.917. The highest BCUT2D eigenvalue weighted by Gasteiger charge is 2.23. The van der Waals surface area contributed by atoms with E-state index in [-0.39, 0.29) is 24.8 Å². The summed E-state index contributed by atoms with van der Waals surface area (Å²) < 4.78 is 5.22. The SMILES string of the molecule is CCN(C(=O)[C@H](C)OC(=O)CCNC(=O)c1ccc(Cl)cc1)c1ccccc1. The van der Waals surface area contributed by atoms with E-state index in [0.29, 0.717) is 17.1 Å². The van der Waals surface area contributed by atoms with Gasteiger partial charge in [-0.15, -0.1) is 0 Å². The van der Waals surface area contributed by atoms with Crippen molar-refractivity contribution >= 4 is 35.1 Å². The van der Waals surface area contributed by atoms with E-state index < -0.39 is 12.1 Å². The summed E-state index contributed by atoms with van der Waals surface area (Å²) in [5.41, 5.74) is 1.19. The summed E-state index contributed by atoms with van der Waals surface area (Å²) in [5, 5.41) is 3.17. The number of nitrogens with zero attached hydrogens (tertiary/aromatic N) is 1. The van der Waals surface area contributed by atoms with Crippen molar-refractivity contribution in [2.75, 3.05) is 18.0 Å². The van der Waals surface area contributed by atoms with E-state index in [1.807, 2.05) is 37.3 Å². The van der Waals surface area contributed by atoms with E-state index in [9.17, 15) is 14.4 Å². The summed E-state index contributed by atoms with van der Waals surface area (Å²) in [6.45, 7) is 3.96. The molecule has 0 aromatic heterocycles. The Morgan fingerprint density at radius 3 is 2.32 bits per heavy atom. The minimum Gasteiger partial charge on any atom is -0.452 e. The van der Waals surface area contributed by atoms with Crippen LogP contribution in [0.15, 0.2) is 54.6 Å². The first-order valence-electron chi connectivity index (χ1n) is 9.02. The Hall–Kier alpha value is -2.86. The van der Waals surface area contributed by atoms with Crippen LogP contribution in [0.3, 0.4) is 0 Å². The monoisotopic (exact) mass is 402 g/mol. The van der Waals surface area contributed by atoms with Crippen molar-refractivity contribution in [1.29, 1.82) is 0 Å². The van der Waals surface area contributed by atoms with Gasteiger partial charge in [-0.25, -0.2) is 0 Å². The predicted octanol–water partition coefficient (Wildman–Crippen LogP) is 3.44. The van der Waals surface area contributed by atoms with Crippen LogP contribution in [0.5, 0.6) is 0 Å². The van der Waals surface area contributed by atoms with Crippen molar-refractivity contribution in [3.8, 4) is 0 Å². The predicted molar refractivity (Wildman–Crippen MR) is 108 cm³/mol. The molecule has 0 radical (unpaired) electrons. The Balaban J connectivity index is 1.80. The molecule has 28 heavy (non-hydrogen) atoms. The van der Waals surface area contributed by atoms with Gasteiger partial charge in [-0.2, -0.15) is 0 Å². The maximum absolute atomic E-state index is 12.6. The van der Waals surface area contributed by atoms with Crippen LogP contribution >= 0.6 is 11.6 Å². The van der Waals surface area contributed by atoms with Crippen molar-refractivity contribution in [1.82, 2.24) is 5.32 Å². The third kappa shape index (κ3) is 6.09. The largest absolute Gasteiger partial charge is 0.452 e. The summed E-state index contributed by atoms with van der Waals surface area (Å²) in [6.07, 6.45) is -0.950. The minimum absolute atomic E-state index is 0.0333. The van der Waals surface area contributed by atoms with Gasteiger partial charge in [0.25, 0.3) is 11.8 Å². The van der Waals surface area contributed by atoms with Crippen molar-refractivity contribution in [2.24, 2.45) is 0 Å². The second-order valence-corrected chi connectivity index (χ2v) is 6.50. The van der Waals surface area contributed by atoms with Gasteiger partial charge in [-0.1, -0.05) is 29.8 Å². The summed E-state index contributed by atoms with van der Waals surface area (Å²) in [6, 6.07) is 15.6. The van der Waals surface area contributed by atoms with Gasteiger partial charge in [0.05, 0.1) is 6.42 Å². The molecular formula is C21H23ClN2O4. The van der Waals surface area contributed by atoms with Crippen LogP contribution in [0.2, 0.25) is 5.02 Å².